The van der Waals surface area contributed by atoms with E-state index in [9.17, 15) is 9.18 Å². The molecule has 0 atom stereocenters. The topological polar surface area (TPSA) is 70.2 Å². The Hall–Kier alpha value is -1.92. The maximum atomic E-state index is 13.6. The summed E-state index contributed by atoms with van der Waals surface area (Å²) in [5.41, 5.74) is 0. The molecular weight excluding hydrogens is 249 g/mol. The first-order chi connectivity index (χ1) is 8.93. The lowest BCUT2D eigenvalue weighted by molar-refractivity contribution is -0.119. The standard InChI is InChI=1S/C12H20FN5O/c1-8(2)5-15-10(19)7-18(4)11-9(13)6-16-12(14-3)17-11/h6,8H,5,7H2,1-4H3,(H,15,19)(H,14,16,17). The number of likely N-dealkylation sites (N-methyl/N-ethyl adjacent to an activating group) is 1. The Morgan fingerprint density at radius 1 is 1.53 bits per heavy atom. The molecule has 0 aliphatic carbocycles. The minimum absolute atomic E-state index is 0.0454. The lowest BCUT2D eigenvalue weighted by Crippen LogP contribution is -2.37. The fourth-order valence-corrected chi connectivity index (χ4v) is 1.41. The summed E-state index contributed by atoms with van der Waals surface area (Å²) in [6, 6.07) is 0. The summed E-state index contributed by atoms with van der Waals surface area (Å²) in [6.07, 6.45) is 1.08. The van der Waals surface area contributed by atoms with Crippen molar-refractivity contribution in [1.29, 1.82) is 0 Å². The van der Waals surface area contributed by atoms with E-state index in [1.165, 1.54) is 4.90 Å². The number of hydrogen-bond donors (Lipinski definition) is 2. The minimum atomic E-state index is -0.557. The SMILES string of the molecule is CNc1ncc(F)c(N(C)CC(=O)NCC(C)C)n1. The van der Waals surface area contributed by atoms with Gasteiger partial charge in [0, 0.05) is 20.6 Å². The predicted octanol–water partition coefficient (Wildman–Crippen LogP) is 0.866. The predicted molar refractivity (Wildman–Crippen MR) is 72.7 cm³/mol. The van der Waals surface area contributed by atoms with Crippen LogP contribution < -0.4 is 15.5 Å². The van der Waals surface area contributed by atoms with E-state index >= 15 is 0 Å². The Bertz CT molecular complexity index is 438. The number of hydrogen-bond acceptors (Lipinski definition) is 5. The molecule has 1 aromatic rings. The second kappa shape index (κ2) is 6.86. The smallest absolute Gasteiger partial charge is 0.239 e. The zero-order valence-electron chi connectivity index (χ0n) is 11.7. The first kappa shape index (κ1) is 15.1. The minimum Gasteiger partial charge on any atom is -0.357 e. The number of nitrogens with one attached hydrogen (secondary N) is 2. The molecule has 0 unspecified atom stereocenters. The molecule has 0 radical (unpaired) electrons. The molecule has 1 heterocycles. The monoisotopic (exact) mass is 269 g/mol. The summed E-state index contributed by atoms with van der Waals surface area (Å²) in [6.45, 7) is 4.66. The number of amides is 1. The lowest BCUT2D eigenvalue weighted by atomic mass is 10.2. The fourth-order valence-electron chi connectivity index (χ4n) is 1.41. The summed E-state index contributed by atoms with van der Waals surface area (Å²) in [4.78, 5) is 20.9. The third-order valence-corrected chi connectivity index (χ3v) is 2.40. The molecule has 6 nitrogen and oxygen atoms in total. The van der Waals surface area contributed by atoms with E-state index < -0.39 is 5.82 Å². The van der Waals surface area contributed by atoms with Crippen LogP contribution in [0.25, 0.3) is 0 Å². The van der Waals surface area contributed by atoms with Crippen molar-refractivity contribution in [2.24, 2.45) is 5.92 Å². The van der Waals surface area contributed by atoms with Gasteiger partial charge in [-0.25, -0.2) is 9.37 Å². The summed E-state index contributed by atoms with van der Waals surface area (Å²) < 4.78 is 13.6. The first-order valence-corrected chi connectivity index (χ1v) is 6.12. The molecule has 2 N–H and O–H groups in total. The molecule has 7 heteroatoms. The Labute approximate surface area is 112 Å². The van der Waals surface area contributed by atoms with E-state index in [-0.39, 0.29) is 18.3 Å². The number of rotatable bonds is 6. The molecule has 1 aromatic heterocycles. The third-order valence-electron chi connectivity index (χ3n) is 2.40. The van der Waals surface area contributed by atoms with Crippen molar-refractivity contribution < 1.29 is 9.18 Å². The normalized spacial score (nSPS) is 10.4. The van der Waals surface area contributed by atoms with Gasteiger partial charge in [-0.1, -0.05) is 13.8 Å². The van der Waals surface area contributed by atoms with Crippen LogP contribution in [0.5, 0.6) is 0 Å². The van der Waals surface area contributed by atoms with Gasteiger partial charge in [0.05, 0.1) is 12.7 Å². The third kappa shape index (κ3) is 4.69. The molecule has 0 aromatic carbocycles. The second-order valence-corrected chi connectivity index (χ2v) is 4.67. The highest BCUT2D eigenvalue weighted by molar-refractivity contribution is 5.80. The lowest BCUT2D eigenvalue weighted by Gasteiger charge is -2.19. The molecule has 106 valence electrons. The van der Waals surface area contributed by atoms with E-state index in [0.29, 0.717) is 18.4 Å². The molecular formula is C12H20FN5O. The summed E-state index contributed by atoms with van der Waals surface area (Å²) in [5.74, 6) is 0.0594. The van der Waals surface area contributed by atoms with Gasteiger partial charge in [-0.05, 0) is 5.92 Å². The van der Waals surface area contributed by atoms with Crippen LogP contribution in [0.4, 0.5) is 16.2 Å². The number of halogens is 1. The maximum absolute atomic E-state index is 13.6. The number of nitrogens with zero attached hydrogens (tertiary/aromatic N) is 3. The molecule has 0 fully saturated rings. The summed E-state index contributed by atoms with van der Waals surface area (Å²) >= 11 is 0. The van der Waals surface area contributed by atoms with Crippen LogP contribution in [0, 0.1) is 11.7 Å². The maximum Gasteiger partial charge on any atom is 0.239 e. The van der Waals surface area contributed by atoms with Gasteiger partial charge in [-0.2, -0.15) is 4.98 Å². The average Bonchev–Trinajstić information content (AvgIpc) is 2.36. The van der Waals surface area contributed by atoms with Crippen molar-refractivity contribution >= 4 is 17.7 Å². The zero-order chi connectivity index (χ0) is 14.4. The molecule has 0 spiro atoms. The van der Waals surface area contributed by atoms with Crippen LogP contribution in [0.3, 0.4) is 0 Å². The largest absolute Gasteiger partial charge is 0.357 e. The van der Waals surface area contributed by atoms with Crippen molar-refractivity contribution in [3.63, 3.8) is 0 Å². The van der Waals surface area contributed by atoms with E-state index in [1.54, 1.807) is 14.1 Å². The molecule has 0 saturated heterocycles. The number of carbonyl (C=O) groups is 1. The molecule has 0 aliphatic rings. The van der Waals surface area contributed by atoms with E-state index in [2.05, 4.69) is 20.6 Å². The Balaban J connectivity index is 2.67. The Morgan fingerprint density at radius 2 is 2.21 bits per heavy atom. The highest BCUT2D eigenvalue weighted by atomic mass is 19.1. The molecule has 0 aliphatic heterocycles. The van der Waals surface area contributed by atoms with Gasteiger partial charge < -0.3 is 15.5 Å². The van der Waals surface area contributed by atoms with Gasteiger partial charge in [-0.15, -0.1) is 0 Å². The van der Waals surface area contributed by atoms with Crippen molar-refractivity contribution in [3.05, 3.63) is 12.0 Å². The summed E-state index contributed by atoms with van der Waals surface area (Å²) in [5, 5.41) is 5.50. The highest BCUT2D eigenvalue weighted by Gasteiger charge is 2.14. The molecule has 0 bridgehead atoms. The number of anilines is 2. The molecule has 19 heavy (non-hydrogen) atoms. The number of aromatic nitrogens is 2. The zero-order valence-corrected chi connectivity index (χ0v) is 11.7. The summed E-state index contributed by atoms with van der Waals surface area (Å²) in [7, 11) is 3.26. The molecule has 1 amide bonds. The molecule has 0 saturated carbocycles. The van der Waals surface area contributed by atoms with Crippen molar-refractivity contribution in [3.8, 4) is 0 Å². The first-order valence-electron chi connectivity index (χ1n) is 6.12. The van der Waals surface area contributed by atoms with Crippen molar-refractivity contribution in [2.45, 2.75) is 13.8 Å². The second-order valence-electron chi connectivity index (χ2n) is 4.67. The number of carbonyl (C=O) groups excluding carboxylic acids is 1. The van der Waals surface area contributed by atoms with E-state index in [1.807, 2.05) is 13.8 Å². The van der Waals surface area contributed by atoms with Gasteiger partial charge in [0.2, 0.25) is 11.9 Å². The van der Waals surface area contributed by atoms with Gasteiger partial charge in [0.25, 0.3) is 0 Å². The van der Waals surface area contributed by atoms with Gasteiger partial charge in [0.1, 0.15) is 0 Å². The molecule has 1 rings (SSSR count). The Morgan fingerprint density at radius 3 is 2.79 bits per heavy atom. The van der Waals surface area contributed by atoms with Crippen LogP contribution in [-0.2, 0) is 4.79 Å². The van der Waals surface area contributed by atoms with Crippen LogP contribution in [0.15, 0.2) is 6.20 Å². The van der Waals surface area contributed by atoms with Crippen LogP contribution >= 0.6 is 0 Å². The van der Waals surface area contributed by atoms with Crippen LogP contribution in [0.1, 0.15) is 13.8 Å². The van der Waals surface area contributed by atoms with Gasteiger partial charge >= 0.3 is 0 Å². The quantitative estimate of drug-likeness (QED) is 0.802. The van der Waals surface area contributed by atoms with Crippen molar-refractivity contribution in [1.82, 2.24) is 15.3 Å². The van der Waals surface area contributed by atoms with Gasteiger partial charge in [0.15, 0.2) is 11.6 Å². The van der Waals surface area contributed by atoms with Crippen molar-refractivity contribution in [2.75, 3.05) is 37.4 Å². The average molecular weight is 269 g/mol. The fraction of sp³-hybridized carbons (Fsp3) is 0.583. The van der Waals surface area contributed by atoms with E-state index in [4.69, 9.17) is 0 Å². The van der Waals surface area contributed by atoms with Gasteiger partial charge in [-0.3, -0.25) is 4.79 Å². The van der Waals surface area contributed by atoms with Crippen LogP contribution in [0.2, 0.25) is 0 Å². The van der Waals surface area contributed by atoms with E-state index in [0.717, 1.165) is 6.20 Å². The highest BCUT2D eigenvalue weighted by Crippen LogP contribution is 2.15. The van der Waals surface area contributed by atoms with Crippen LogP contribution in [-0.4, -0.2) is 43.1 Å². The Kier molecular flexibility index (Phi) is 5.47.